The van der Waals surface area contributed by atoms with Crippen molar-refractivity contribution in [2.45, 2.75) is 75.3 Å². The van der Waals surface area contributed by atoms with E-state index < -0.39 is 59.4 Å². The predicted molar refractivity (Wildman–Crippen MR) is 249 cm³/mol. The molecule has 0 spiro atoms. The van der Waals surface area contributed by atoms with Crippen molar-refractivity contribution in [3.05, 3.63) is 83.6 Å². The number of nitrogens with two attached hydrogens (primary N) is 2. The lowest BCUT2D eigenvalue weighted by atomic mass is 9.84. The van der Waals surface area contributed by atoms with Gasteiger partial charge in [0.15, 0.2) is 23.0 Å². The van der Waals surface area contributed by atoms with Crippen LogP contribution in [0.2, 0.25) is 0 Å². The predicted octanol–water partition coefficient (Wildman–Crippen LogP) is 3.08. The number of imidazole rings is 1. The number of rotatable bonds is 19. The number of nitrogens with zero attached hydrogens (tertiary/aromatic N) is 8. The highest BCUT2D eigenvalue weighted by Gasteiger charge is 2.45. The number of piperidine rings is 3. The number of aliphatic hydroxyl groups excluding tert-OH is 1. The Morgan fingerprint density at radius 2 is 1.62 bits per heavy atom. The molecule has 20 nitrogen and oxygen atoms in total. The lowest BCUT2D eigenvalue weighted by molar-refractivity contribution is -0.136. The molecule has 3 aromatic heterocycles. The fourth-order valence-electron chi connectivity index (χ4n) is 9.58. The second-order valence-electron chi connectivity index (χ2n) is 18.2. The normalized spacial score (nSPS) is 20.4. The number of halogens is 4. The topological polar surface area (TPSA) is 256 Å². The van der Waals surface area contributed by atoms with Crippen molar-refractivity contribution in [1.82, 2.24) is 39.6 Å². The van der Waals surface area contributed by atoms with Crippen LogP contribution in [-0.2, 0) is 25.6 Å². The van der Waals surface area contributed by atoms with Crippen LogP contribution in [0, 0.1) is 11.6 Å². The number of hydrogen-bond acceptors (Lipinski definition) is 17. The minimum Gasteiger partial charge on any atom is -0.491 e. The van der Waals surface area contributed by atoms with Crippen molar-refractivity contribution < 1.29 is 60.8 Å². The molecule has 3 fully saturated rings. The first kappa shape index (κ1) is 50.1. The summed E-state index contributed by atoms with van der Waals surface area (Å²) in [5.41, 5.74) is 12.8. The van der Waals surface area contributed by atoms with Crippen molar-refractivity contribution in [2.75, 3.05) is 76.4 Å². The molecule has 24 heteroatoms. The van der Waals surface area contributed by atoms with Gasteiger partial charge in [-0.3, -0.25) is 34.4 Å². The van der Waals surface area contributed by atoms with Crippen LogP contribution in [0.25, 0.3) is 22.4 Å². The van der Waals surface area contributed by atoms with Crippen LogP contribution in [0.5, 0.6) is 11.5 Å². The average molecular weight is 1000 g/mol. The summed E-state index contributed by atoms with van der Waals surface area (Å²) in [5.74, 6) is -3.61. The number of amides is 4. The molecule has 72 heavy (non-hydrogen) atoms. The van der Waals surface area contributed by atoms with Gasteiger partial charge in [-0.25, -0.2) is 32.5 Å². The van der Waals surface area contributed by atoms with Crippen LogP contribution in [0.15, 0.2) is 55.2 Å². The zero-order valence-electron chi connectivity index (χ0n) is 39.0. The highest BCUT2D eigenvalue weighted by Crippen LogP contribution is 2.36. The zero-order chi connectivity index (χ0) is 50.7. The van der Waals surface area contributed by atoms with Crippen LogP contribution in [0.4, 0.5) is 29.1 Å². The van der Waals surface area contributed by atoms with Crippen LogP contribution < -0.4 is 31.2 Å². The number of ether oxygens (including phenoxy) is 4. The quantitative estimate of drug-likeness (QED) is 0.0527. The first-order chi connectivity index (χ1) is 34.7. The molecule has 4 aliphatic heterocycles. The van der Waals surface area contributed by atoms with Gasteiger partial charge < -0.3 is 49.9 Å². The molecule has 382 valence electrons. The molecule has 0 bridgehead atoms. The van der Waals surface area contributed by atoms with Crippen molar-refractivity contribution in [3.8, 4) is 22.8 Å². The van der Waals surface area contributed by atoms with Gasteiger partial charge in [-0.05, 0) is 68.0 Å². The lowest BCUT2D eigenvalue weighted by Crippen LogP contribution is -2.63. The van der Waals surface area contributed by atoms with Crippen molar-refractivity contribution in [1.29, 1.82) is 0 Å². The summed E-state index contributed by atoms with van der Waals surface area (Å²) in [5, 5.41) is 12.5. The van der Waals surface area contributed by atoms with Gasteiger partial charge in [-0.15, -0.1) is 0 Å². The molecule has 4 amide bonds. The molecule has 9 rings (SSSR count). The maximum absolute atomic E-state index is 16.0. The number of imide groups is 2. The zero-order valence-corrected chi connectivity index (χ0v) is 39.0. The standard InChI is InChI=1S/C48H53F4N11O9/c49-33-21-38(34(50)20-32(33)35-18-27(23-62-26-58-40-43(53)56-25-57-44(40)62)37(22-55-35)61-9-1-8-48(54,24-61)41(65)42(51)52)72-28-6-10-60(11-7-28)12-13-69-14-15-70-16-17-71-29-2-3-30-31(19-29)47(68)63(46(30)67)36-4-5-39(64)59-45(36)66/h2-3,18-22,25-26,28,36,41-42,65H,1,4-17,23-24,54H2,(H2,53,56,57)(H,59,64,66)/t36?,41-,48-/m1/s1. The minimum absolute atomic E-state index is 0.0309. The Balaban J connectivity index is 0.727. The number of carbonyl (C=O) groups excluding carboxylic acids is 4. The second kappa shape index (κ2) is 21.5. The lowest BCUT2D eigenvalue weighted by Gasteiger charge is -2.44. The van der Waals surface area contributed by atoms with E-state index in [4.69, 9.17) is 30.4 Å². The first-order valence-corrected chi connectivity index (χ1v) is 23.6. The molecule has 6 N–H and O–H groups in total. The van der Waals surface area contributed by atoms with E-state index in [0.717, 1.165) is 17.0 Å². The van der Waals surface area contributed by atoms with Gasteiger partial charge in [0.2, 0.25) is 11.8 Å². The van der Waals surface area contributed by atoms with Crippen molar-refractivity contribution >= 4 is 46.3 Å². The van der Waals surface area contributed by atoms with Crippen LogP contribution >= 0.6 is 0 Å². The maximum Gasteiger partial charge on any atom is 0.265 e. The molecule has 3 saturated heterocycles. The van der Waals surface area contributed by atoms with E-state index in [9.17, 15) is 33.1 Å². The number of likely N-dealkylation sites (tertiary alicyclic amines) is 1. The van der Waals surface area contributed by atoms with E-state index in [0.29, 0.717) is 93.4 Å². The Kier molecular flexibility index (Phi) is 14.9. The van der Waals surface area contributed by atoms with E-state index in [1.165, 1.54) is 31.0 Å². The van der Waals surface area contributed by atoms with Gasteiger partial charge in [0, 0.05) is 50.8 Å². The first-order valence-electron chi connectivity index (χ1n) is 23.6. The molecule has 0 radical (unpaired) electrons. The molecule has 1 unspecified atom stereocenters. The maximum atomic E-state index is 16.0. The monoisotopic (exact) mass is 1000 g/mol. The molecule has 2 aromatic carbocycles. The van der Waals surface area contributed by atoms with E-state index in [1.54, 1.807) is 21.6 Å². The van der Waals surface area contributed by atoms with E-state index in [2.05, 4.69) is 30.2 Å². The summed E-state index contributed by atoms with van der Waals surface area (Å²) in [6.45, 7) is 3.82. The number of aromatic nitrogens is 5. The van der Waals surface area contributed by atoms with Gasteiger partial charge >= 0.3 is 0 Å². The van der Waals surface area contributed by atoms with Crippen molar-refractivity contribution in [3.63, 3.8) is 0 Å². The Morgan fingerprint density at radius 1 is 0.861 bits per heavy atom. The number of fused-ring (bicyclic) bond motifs is 2. The molecule has 0 aliphatic carbocycles. The fourth-order valence-corrected chi connectivity index (χ4v) is 9.58. The fraction of sp³-hybridized carbons (Fsp3) is 0.458. The number of aliphatic hydroxyl groups is 1. The summed E-state index contributed by atoms with van der Waals surface area (Å²) >= 11 is 0. The molecule has 5 aromatic rings. The van der Waals surface area contributed by atoms with Gasteiger partial charge in [-0.2, -0.15) is 0 Å². The van der Waals surface area contributed by atoms with Crippen LogP contribution in [0.1, 0.15) is 64.8 Å². The summed E-state index contributed by atoms with van der Waals surface area (Å²) in [6.07, 6.45) is 0.583. The highest BCUT2D eigenvalue weighted by atomic mass is 19.3. The minimum atomic E-state index is -3.05. The van der Waals surface area contributed by atoms with E-state index >= 15 is 8.78 Å². The summed E-state index contributed by atoms with van der Waals surface area (Å²) in [6, 6.07) is 7.06. The summed E-state index contributed by atoms with van der Waals surface area (Å²) < 4.78 is 83.9. The number of anilines is 2. The molecule has 3 atom stereocenters. The summed E-state index contributed by atoms with van der Waals surface area (Å²) in [7, 11) is 0. The molecule has 7 heterocycles. The molecular weight excluding hydrogens is 951 g/mol. The highest BCUT2D eigenvalue weighted by molar-refractivity contribution is 6.23. The Morgan fingerprint density at radius 3 is 2.40 bits per heavy atom. The third-order valence-electron chi connectivity index (χ3n) is 13.4. The Hall–Kier alpha value is -6.86. The largest absolute Gasteiger partial charge is 0.491 e. The third kappa shape index (κ3) is 10.7. The molecule has 0 saturated carbocycles. The molecular formula is C48H53F4N11O9. The smallest absolute Gasteiger partial charge is 0.265 e. The number of benzene rings is 2. The Bertz CT molecular complexity index is 2850. The second-order valence-corrected chi connectivity index (χ2v) is 18.2. The van der Waals surface area contributed by atoms with E-state index in [1.807, 2.05) is 0 Å². The van der Waals surface area contributed by atoms with Gasteiger partial charge in [0.1, 0.15) is 48.3 Å². The Labute approximate surface area is 409 Å². The summed E-state index contributed by atoms with van der Waals surface area (Å²) in [4.78, 5) is 71.8. The number of pyridine rings is 1. The van der Waals surface area contributed by atoms with E-state index in [-0.39, 0.29) is 85.6 Å². The van der Waals surface area contributed by atoms with Crippen molar-refractivity contribution in [2.24, 2.45) is 5.73 Å². The SMILES string of the molecule is Nc1ncnc2c1ncn2Cc1cc(-c2cc(F)c(OC3CCN(CCOCCOCCOc4ccc5c(c4)C(=O)N(C4CCC(=O)NC4=O)C5=O)CC3)cc2F)ncc1N1CCC[C@](N)([C@H](O)C(F)F)C1. The number of hydrogen-bond donors (Lipinski definition) is 4. The van der Waals surface area contributed by atoms with Crippen LogP contribution in [0.3, 0.4) is 0 Å². The average Bonchev–Trinajstić information content (AvgIpc) is 3.89. The third-order valence-corrected chi connectivity index (χ3v) is 13.4. The van der Waals surface area contributed by atoms with Gasteiger partial charge in [-0.1, -0.05) is 0 Å². The number of alkyl halides is 2. The number of carbonyl (C=O) groups is 4. The number of nitrogens with one attached hydrogen (secondary N) is 1. The van der Waals surface area contributed by atoms with Gasteiger partial charge in [0.05, 0.1) is 73.5 Å². The number of nitrogen functional groups attached to an aromatic ring is 1. The van der Waals surface area contributed by atoms with Gasteiger partial charge in [0.25, 0.3) is 18.2 Å². The van der Waals surface area contributed by atoms with Crippen LogP contribution in [-0.4, -0.2) is 159 Å². The molecule has 4 aliphatic rings.